The molecule has 0 saturated heterocycles. The molecule has 0 unspecified atom stereocenters. The highest BCUT2D eigenvalue weighted by Crippen LogP contribution is 2.43. The number of carbonyl (C=O) groups excluding carboxylic acids is 1. The quantitative estimate of drug-likeness (QED) is 0.599. The topological polar surface area (TPSA) is 38.3 Å². The van der Waals surface area contributed by atoms with E-state index in [9.17, 15) is 4.79 Å². The summed E-state index contributed by atoms with van der Waals surface area (Å²) in [6, 6.07) is 0. The molecule has 2 saturated carbocycles. The van der Waals surface area contributed by atoms with Gasteiger partial charge in [-0.25, -0.2) is 0 Å². The second-order valence-electron chi connectivity index (χ2n) is 4.59. The predicted molar refractivity (Wildman–Crippen MR) is 79.0 cm³/mol. The molecule has 1 amide bonds. The molecule has 0 radical (unpaired) electrons. The largest absolute Gasteiger partial charge is 0.290 e. The summed E-state index contributed by atoms with van der Waals surface area (Å²) >= 11 is 1.11. The van der Waals surface area contributed by atoms with Gasteiger partial charge in [0.25, 0.3) is 0 Å². The number of hydrogen-bond donors (Lipinski definition) is 1. The Morgan fingerprint density at radius 2 is 1.89 bits per heavy atom. The van der Waals surface area contributed by atoms with E-state index in [2.05, 4.69) is 18.6 Å². The van der Waals surface area contributed by atoms with Gasteiger partial charge in [-0.05, 0) is 32.1 Å². The van der Waals surface area contributed by atoms with Crippen LogP contribution in [0.3, 0.4) is 0 Å². The molecular weight excluding hydrogens is 246 g/mol. The number of amides is 1. The van der Waals surface area contributed by atoms with Crippen molar-refractivity contribution in [2.24, 2.45) is 11.8 Å². The maximum absolute atomic E-state index is 11.5. The number of hydrogen-bond acceptors (Lipinski definition) is 3. The highest BCUT2D eigenvalue weighted by molar-refractivity contribution is 7.93. The van der Waals surface area contributed by atoms with Crippen LogP contribution in [-0.2, 0) is 8.98 Å². The summed E-state index contributed by atoms with van der Waals surface area (Å²) in [7, 11) is 0. The summed E-state index contributed by atoms with van der Waals surface area (Å²) in [6.07, 6.45) is 4.38. The minimum Gasteiger partial charge on any atom is -0.290 e. The molecule has 0 aromatic carbocycles. The van der Waals surface area contributed by atoms with E-state index in [4.69, 9.17) is 4.18 Å². The minimum absolute atomic E-state index is 0.0334. The lowest BCUT2D eigenvalue weighted by Gasteiger charge is -2.08. The minimum atomic E-state index is 0.0334. The van der Waals surface area contributed by atoms with E-state index >= 15 is 0 Å². The van der Waals surface area contributed by atoms with E-state index in [0.717, 1.165) is 37.9 Å². The van der Waals surface area contributed by atoms with Gasteiger partial charge >= 0.3 is 0 Å². The zero-order chi connectivity index (χ0) is 14.2. The van der Waals surface area contributed by atoms with Crippen molar-refractivity contribution in [2.45, 2.75) is 72.8 Å². The average molecular weight is 275 g/mol. The smallest absolute Gasteiger partial charge is 0.234 e. The van der Waals surface area contributed by atoms with Gasteiger partial charge in [0.15, 0.2) is 0 Å². The normalized spacial score (nSPS) is 25.9. The lowest BCUT2D eigenvalue weighted by molar-refractivity contribution is -0.120. The van der Waals surface area contributed by atoms with Crippen LogP contribution in [-0.4, -0.2) is 11.5 Å². The average Bonchev–Trinajstić information content (AvgIpc) is 3.31. The Bertz CT molecular complexity index is 242. The lowest BCUT2D eigenvalue weighted by atomic mass is 10.2. The summed E-state index contributed by atoms with van der Waals surface area (Å²) in [5, 5.41) is 0. The molecule has 2 fully saturated rings. The molecule has 2 atom stereocenters. The van der Waals surface area contributed by atoms with Crippen molar-refractivity contribution >= 4 is 18.1 Å². The van der Waals surface area contributed by atoms with Crippen LogP contribution in [0.25, 0.3) is 0 Å². The SMILES string of the molecule is CC.CC.CC[C@@H]1C[C@@H]1C(=O)NSOC1(C)CC1. The third-order valence-corrected chi connectivity index (χ3v) is 3.89. The van der Waals surface area contributed by atoms with Crippen molar-refractivity contribution < 1.29 is 8.98 Å². The molecule has 18 heavy (non-hydrogen) atoms. The van der Waals surface area contributed by atoms with Crippen molar-refractivity contribution in [3.63, 3.8) is 0 Å². The van der Waals surface area contributed by atoms with E-state index < -0.39 is 0 Å². The molecule has 0 aromatic heterocycles. The maximum Gasteiger partial charge on any atom is 0.234 e. The van der Waals surface area contributed by atoms with Crippen molar-refractivity contribution in [1.82, 2.24) is 4.72 Å². The van der Waals surface area contributed by atoms with Gasteiger partial charge in [-0.3, -0.25) is 13.7 Å². The van der Waals surface area contributed by atoms with Crippen molar-refractivity contribution in [3.8, 4) is 0 Å². The van der Waals surface area contributed by atoms with Gasteiger partial charge in [0, 0.05) is 5.92 Å². The third kappa shape index (κ3) is 6.10. The van der Waals surface area contributed by atoms with E-state index in [1.807, 2.05) is 27.7 Å². The molecular formula is C14H29NO2S. The molecule has 0 heterocycles. The van der Waals surface area contributed by atoms with Crippen LogP contribution in [0.1, 0.15) is 67.2 Å². The predicted octanol–water partition coefficient (Wildman–Crippen LogP) is 4.33. The maximum atomic E-state index is 11.5. The Morgan fingerprint density at radius 3 is 2.28 bits per heavy atom. The van der Waals surface area contributed by atoms with Crippen molar-refractivity contribution in [2.75, 3.05) is 0 Å². The Kier molecular flexibility index (Phi) is 8.70. The number of nitrogens with one attached hydrogen (secondary N) is 1. The van der Waals surface area contributed by atoms with Gasteiger partial charge in [-0.2, -0.15) is 0 Å². The summed E-state index contributed by atoms with van der Waals surface area (Å²) in [6.45, 7) is 12.2. The molecule has 1 N–H and O–H groups in total. The first kappa shape index (κ1) is 17.8. The van der Waals surface area contributed by atoms with Gasteiger partial charge in [-0.1, -0.05) is 41.0 Å². The Balaban J connectivity index is 0.000000659. The van der Waals surface area contributed by atoms with E-state index in [-0.39, 0.29) is 17.4 Å². The van der Waals surface area contributed by atoms with Crippen LogP contribution < -0.4 is 4.72 Å². The van der Waals surface area contributed by atoms with E-state index in [1.54, 1.807) is 0 Å². The van der Waals surface area contributed by atoms with Gasteiger partial charge in [-0.15, -0.1) is 0 Å². The van der Waals surface area contributed by atoms with Gasteiger partial charge in [0.05, 0.1) is 5.60 Å². The van der Waals surface area contributed by atoms with Gasteiger partial charge in [0.2, 0.25) is 5.91 Å². The lowest BCUT2D eigenvalue weighted by Crippen LogP contribution is -2.20. The fourth-order valence-electron chi connectivity index (χ4n) is 1.52. The van der Waals surface area contributed by atoms with Crippen LogP contribution in [0.15, 0.2) is 0 Å². The van der Waals surface area contributed by atoms with Crippen molar-refractivity contribution in [3.05, 3.63) is 0 Å². The van der Waals surface area contributed by atoms with Gasteiger partial charge < -0.3 is 0 Å². The summed E-state index contributed by atoms with van der Waals surface area (Å²) in [5.41, 5.74) is 0.0334. The molecule has 108 valence electrons. The first-order valence-corrected chi connectivity index (χ1v) is 8.03. The van der Waals surface area contributed by atoms with E-state index in [0.29, 0.717) is 5.92 Å². The molecule has 3 nitrogen and oxygen atoms in total. The molecule has 2 aliphatic carbocycles. The Morgan fingerprint density at radius 1 is 1.33 bits per heavy atom. The summed E-state index contributed by atoms with van der Waals surface area (Å²) in [5.74, 6) is 1.02. The van der Waals surface area contributed by atoms with Crippen LogP contribution in [0.2, 0.25) is 0 Å². The molecule has 2 aliphatic rings. The van der Waals surface area contributed by atoms with Crippen LogP contribution in [0, 0.1) is 11.8 Å². The molecule has 0 aromatic rings. The Labute approximate surface area is 117 Å². The third-order valence-electron chi connectivity index (χ3n) is 3.12. The van der Waals surface area contributed by atoms with Crippen LogP contribution in [0.4, 0.5) is 0 Å². The second-order valence-corrected chi connectivity index (χ2v) is 5.13. The van der Waals surface area contributed by atoms with Crippen LogP contribution in [0.5, 0.6) is 0 Å². The van der Waals surface area contributed by atoms with Gasteiger partial charge in [0.1, 0.15) is 12.2 Å². The molecule has 0 aliphatic heterocycles. The monoisotopic (exact) mass is 275 g/mol. The standard InChI is InChI=1S/C10H17NO2S.2C2H6/c1-3-7-6-8(7)9(12)11-14-13-10(2)4-5-10;2*1-2/h7-8H,3-6H2,1-2H3,(H,11,12);2*1-2H3/t7-,8+;;/m1../s1. The zero-order valence-corrected chi connectivity index (χ0v) is 13.5. The summed E-state index contributed by atoms with van der Waals surface area (Å²) in [4.78, 5) is 11.5. The number of rotatable bonds is 5. The fraction of sp³-hybridized carbons (Fsp3) is 0.929. The first-order valence-electron chi connectivity index (χ1n) is 7.29. The van der Waals surface area contributed by atoms with Crippen LogP contribution >= 0.6 is 12.2 Å². The second kappa shape index (κ2) is 8.81. The summed E-state index contributed by atoms with van der Waals surface area (Å²) < 4.78 is 8.20. The first-order chi connectivity index (χ1) is 8.64. The molecule has 2 rings (SSSR count). The van der Waals surface area contributed by atoms with E-state index in [1.165, 1.54) is 0 Å². The molecule has 4 heteroatoms. The zero-order valence-electron chi connectivity index (χ0n) is 12.7. The highest BCUT2D eigenvalue weighted by atomic mass is 32.2. The number of carbonyl (C=O) groups is 1. The molecule has 0 bridgehead atoms. The Hall–Kier alpha value is -0.220. The fourth-order valence-corrected chi connectivity index (χ4v) is 2.16. The highest BCUT2D eigenvalue weighted by Gasteiger charge is 2.43. The van der Waals surface area contributed by atoms with Crippen molar-refractivity contribution in [1.29, 1.82) is 0 Å². The molecule has 0 spiro atoms.